The standard InChI is InChI=1S/C16H17N5O/c1-16(2,3)21-15(22)13-8-14(19-10-18-13)20-12-7-5-4-6-11(12)9-17/h4-8,10H,1-3H3,(H,21,22)(H,18,19,20). The number of benzene rings is 1. The van der Waals surface area contributed by atoms with E-state index in [4.69, 9.17) is 5.26 Å². The Balaban J connectivity index is 2.22. The van der Waals surface area contributed by atoms with Crippen LogP contribution in [0.15, 0.2) is 36.7 Å². The second-order valence-electron chi connectivity index (χ2n) is 5.77. The van der Waals surface area contributed by atoms with Gasteiger partial charge in [0.15, 0.2) is 0 Å². The van der Waals surface area contributed by atoms with Crippen molar-refractivity contribution in [1.29, 1.82) is 5.26 Å². The molecular weight excluding hydrogens is 278 g/mol. The molecule has 0 aliphatic heterocycles. The minimum Gasteiger partial charge on any atom is -0.346 e. The van der Waals surface area contributed by atoms with E-state index >= 15 is 0 Å². The van der Waals surface area contributed by atoms with Crippen molar-refractivity contribution in [3.8, 4) is 6.07 Å². The van der Waals surface area contributed by atoms with E-state index in [0.29, 0.717) is 17.1 Å². The number of rotatable bonds is 3. The molecule has 0 spiro atoms. The maximum atomic E-state index is 12.1. The van der Waals surface area contributed by atoms with E-state index in [1.165, 1.54) is 6.33 Å². The molecule has 1 aromatic heterocycles. The van der Waals surface area contributed by atoms with Crippen molar-refractivity contribution < 1.29 is 4.79 Å². The third kappa shape index (κ3) is 4.03. The Bertz CT molecular complexity index is 728. The molecule has 6 nitrogen and oxygen atoms in total. The zero-order chi connectivity index (χ0) is 16.2. The van der Waals surface area contributed by atoms with Crippen molar-refractivity contribution in [2.45, 2.75) is 26.3 Å². The van der Waals surface area contributed by atoms with Gasteiger partial charge >= 0.3 is 0 Å². The van der Waals surface area contributed by atoms with Crippen molar-refractivity contribution in [3.63, 3.8) is 0 Å². The third-order valence-corrected chi connectivity index (χ3v) is 2.70. The van der Waals surface area contributed by atoms with E-state index in [-0.39, 0.29) is 17.1 Å². The Kier molecular flexibility index (Phi) is 4.37. The summed E-state index contributed by atoms with van der Waals surface area (Å²) in [6.07, 6.45) is 1.31. The fraction of sp³-hybridized carbons (Fsp3) is 0.250. The van der Waals surface area contributed by atoms with Gasteiger partial charge in [-0.2, -0.15) is 5.26 Å². The van der Waals surface area contributed by atoms with Crippen molar-refractivity contribution in [2.75, 3.05) is 5.32 Å². The summed E-state index contributed by atoms with van der Waals surface area (Å²) in [7, 11) is 0. The van der Waals surface area contributed by atoms with Crippen molar-refractivity contribution in [3.05, 3.63) is 47.9 Å². The molecule has 1 aromatic carbocycles. The number of carbonyl (C=O) groups excluding carboxylic acids is 1. The van der Waals surface area contributed by atoms with Crippen LogP contribution >= 0.6 is 0 Å². The van der Waals surface area contributed by atoms with Crippen LogP contribution in [0.25, 0.3) is 0 Å². The molecular formula is C16H17N5O. The van der Waals surface area contributed by atoms with Crippen LogP contribution in [0.4, 0.5) is 11.5 Å². The number of nitrogens with zero attached hydrogens (tertiary/aromatic N) is 3. The summed E-state index contributed by atoms with van der Waals surface area (Å²) in [6, 6.07) is 10.7. The van der Waals surface area contributed by atoms with Gasteiger partial charge in [0, 0.05) is 11.6 Å². The number of amides is 1. The Morgan fingerprint density at radius 1 is 1.23 bits per heavy atom. The van der Waals surface area contributed by atoms with E-state index in [0.717, 1.165) is 0 Å². The van der Waals surface area contributed by atoms with Crippen LogP contribution in [-0.4, -0.2) is 21.4 Å². The summed E-state index contributed by atoms with van der Waals surface area (Å²) in [4.78, 5) is 20.2. The van der Waals surface area contributed by atoms with Crippen LogP contribution in [0.5, 0.6) is 0 Å². The van der Waals surface area contributed by atoms with E-state index < -0.39 is 0 Å². The molecule has 0 radical (unpaired) electrons. The molecule has 0 unspecified atom stereocenters. The van der Waals surface area contributed by atoms with Crippen molar-refractivity contribution in [1.82, 2.24) is 15.3 Å². The number of para-hydroxylation sites is 1. The van der Waals surface area contributed by atoms with Gasteiger partial charge in [-0.15, -0.1) is 0 Å². The number of hydrogen-bond donors (Lipinski definition) is 2. The molecule has 0 bridgehead atoms. The first-order valence-corrected chi connectivity index (χ1v) is 6.80. The number of anilines is 2. The molecule has 0 saturated carbocycles. The molecule has 6 heteroatoms. The first kappa shape index (κ1) is 15.4. The zero-order valence-corrected chi connectivity index (χ0v) is 12.7. The Labute approximate surface area is 129 Å². The van der Waals surface area contributed by atoms with Gasteiger partial charge in [-0.1, -0.05) is 12.1 Å². The Morgan fingerprint density at radius 2 is 1.95 bits per heavy atom. The van der Waals surface area contributed by atoms with Crippen molar-refractivity contribution in [2.24, 2.45) is 0 Å². The van der Waals surface area contributed by atoms with E-state index in [1.54, 1.807) is 24.3 Å². The predicted octanol–water partition coefficient (Wildman–Crippen LogP) is 2.62. The fourth-order valence-electron chi connectivity index (χ4n) is 1.78. The van der Waals surface area contributed by atoms with Crippen molar-refractivity contribution >= 4 is 17.4 Å². The molecule has 2 N–H and O–H groups in total. The molecule has 1 amide bonds. The topological polar surface area (TPSA) is 90.7 Å². The second kappa shape index (κ2) is 6.22. The SMILES string of the molecule is CC(C)(C)NC(=O)c1cc(Nc2ccccc2C#N)ncn1. The van der Waals surface area contributed by atoms with Gasteiger partial charge < -0.3 is 10.6 Å². The van der Waals surface area contributed by atoms with E-state index in [9.17, 15) is 4.79 Å². The lowest BCUT2D eigenvalue weighted by atomic mass is 10.1. The summed E-state index contributed by atoms with van der Waals surface area (Å²) >= 11 is 0. The normalized spacial score (nSPS) is 10.6. The van der Waals surface area contributed by atoms with Crippen LogP contribution in [0.3, 0.4) is 0 Å². The molecule has 112 valence electrons. The summed E-state index contributed by atoms with van der Waals surface area (Å²) in [5.41, 5.74) is 1.05. The average Bonchev–Trinajstić information content (AvgIpc) is 2.46. The van der Waals surface area contributed by atoms with Gasteiger partial charge in [-0.05, 0) is 32.9 Å². The number of aromatic nitrogens is 2. The largest absolute Gasteiger partial charge is 0.346 e. The summed E-state index contributed by atoms with van der Waals surface area (Å²) in [5.74, 6) is 0.184. The van der Waals surface area contributed by atoms with E-state index in [2.05, 4.69) is 26.7 Å². The summed E-state index contributed by atoms with van der Waals surface area (Å²) < 4.78 is 0. The van der Waals surface area contributed by atoms with E-state index in [1.807, 2.05) is 26.8 Å². The van der Waals surface area contributed by atoms with Gasteiger partial charge in [0.05, 0.1) is 11.3 Å². The molecule has 0 saturated heterocycles. The maximum absolute atomic E-state index is 12.1. The molecule has 2 aromatic rings. The molecule has 0 fully saturated rings. The van der Waals surface area contributed by atoms with Gasteiger partial charge in [0.2, 0.25) is 0 Å². The highest BCUT2D eigenvalue weighted by Gasteiger charge is 2.16. The summed E-state index contributed by atoms with van der Waals surface area (Å²) in [5, 5.41) is 14.9. The lowest BCUT2D eigenvalue weighted by Crippen LogP contribution is -2.40. The molecule has 0 atom stereocenters. The van der Waals surface area contributed by atoms with Crippen LogP contribution in [0.1, 0.15) is 36.8 Å². The Morgan fingerprint density at radius 3 is 2.64 bits per heavy atom. The lowest BCUT2D eigenvalue weighted by molar-refractivity contribution is 0.0914. The first-order chi connectivity index (χ1) is 10.4. The second-order valence-corrected chi connectivity index (χ2v) is 5.77. The minimum atomic E-state index is -0.344. The van der Waals surface area contributed by atoms with Crippen LogP contribution in [-0.2, 0) is 0 Å². The number of carbonyl (C=O) groups is 1. The predicted molar refractivity (Wildman–Crippen MR) is 83.7 cm³/mol. The van der Waals surface area contributed by atoms with Crippen LogP contribution in [0, 0.1) is 11.3 Å². The monoisotopic (exact) mass is 295 g/mol. The van der Waals surface area contributed by atoms with Gasteiger partial charge in [0.25, 0.3) is 5.91 Å². The van der Waals surface area contributed by atoms with Gasteiger partial charge in [0.1, 0.15) is 23.9 Å². The quantitative estimate of drug-likeness (QED) is 0.908. The highest BCUT2D eigenvalue weighted by molar-refractivity contribution is 5.93. The molecule has 22 heavy (non-hydrogen) atoms. The zero-order valence-electron chi connectivity index (χ0n) is 12.7. The molecule has 1 heterocycles. The lowest BCUT2D eigenvalue weighted by Gasteiger charge is -2.20. The minimum absolute atomic E-state index is 0.266. The Hall–Kier alpha value is -2.94. The van der Waals surface area contributed by atoms with Crippen LogP contribution in [0.2, 0.25) is 0 Å². The fourth-order valence-corrected chi connectivity index (χ4v) is 1.78. The highest BCUT2D eigenvalue weighted by Crippen LogP contribution is 2.18. The smallest absolute Gasteiger partial charge is 0.270 e. The number of nitriles is 1. The molecule has 2 rings (SSSR count). The highest BCUT2D eigenvalue weighted by atomic mass is 16.2. The summed E-state index contributed by atoms with van der Waals surface area (Å²) in [6.45, 7) is 5.69. The van der Waals surface area contributed by atoms with Crippen LogP contribution < -0.4 is 10.6 Å². The number of hydrogen-bond acceptors (Lipinski definition) is 5. The first-order valence-electron chi connectivity index (χ1n) is 6.80. The average molecular weight is 295 g/mol. The maximum Gasteiger partial charge on any atom is 0.270 e. The van der Waals surface area contributed by atoms with Gasteiger partial charge in [-0.25, -0.2) is 9.97 Å². The number of nitrogens with one attached hydrogen (secondary N) is 2. The molecule has 0 aliphatic rings. The molecule has 0 aliphatic carbocycles. The van der Waals surface area contributed by atoms with Gasteiger partial charge in [-0.3, -0.25) is 4.79 Å². The third-order valence-electron chi connectivity index (χ3n) is 2.70.